The van der Waals surface area contributed by atoms with Crippen molar-refractivity contribution >= 4 is 8.32 Å². The van der Waals surface area contributed by atoms with E-state index in [1.165, 1.54) is 5.56 Å². The molecule has 0 aliphatic rings. The summed E-state index contributed by atoms with van der Waals surface area (Å²) in [6.45, 7) is 11.2. The van der Waals surface area contributed by atoms with Gasteiger partial charge in [-0.3, -0.25) is 0 Å². The molecule has 0 amide bonds. The molecule has 0 aliphatic heterocycles. The van der Waals surface area contributed by atoms with E-state index in [9.17, 15) is 0 Å². The second-order valence-corrected chi connectivity index (χ2v) is 9.53. The quantitative estimate of drug-likeness (QED) is 0.687. The highest BCUT2D eigenvalue weighted by molar-refractivity contribution is 6.72. The monoisotopic (exact) mass is 222 g/mol. The normalized spacial score (nSPS) is 14.3. The first-order valence-corrected chi connectivity index (χ1v) is 8.65. The maximum absolute atomic E-state index is 6.22. The average molecular weight is 222 g/mol. The van der Waals surface area contributed by atoms with E-state index >= 15 is 0 Å². The molecule has 1 aromatic carbocycles. The summed E-state index contributed by atoms with van der Waals surface area (Å²) in [6, 6.07) is 10.4. The lowest BCUT2D eigenvalue weighted by atomic mass is 10.1. The van der Waals surface area contributed by atoms with Crippen molar-refractivity contribution in [2.24, 2.45) is 0 Å². The van der Waals surface area contributed by atoms with E-state index in [4.69, 9.17) is 4.43 Å². The van der Waals surface area contributed by atoms with Crippen molar-refractivity contribution in [3.05, 3.63) is 35.9 Å². The summed E-state index contributed by atoms with van der Waals surface area (Å²) < 4.78 is 6.22. The lowest BCUT2D eigenvalue weighted by Gasteiger charge is -2.31. The fourth-order valence-electron chi connectivity index (χ4n) is 1.38. The van der Waals surface area contributed by atoms with Crippen LogP contribution in [0.3, 0.4) is 0 Å². The first kappa shape index (κ1) is 12.5. The topological polar surface area (TPSA) is 9.23 Å². The molecule has 0 saturated carbocycles. The van der Waals surface area contributed by atoms with E-state index < -0.39 is 8.32 Å². The summed E-state index contributed by atoms with van der Waals surface area (Å²) in [6.07, 6.45) is 0.218. The van der Waals surface area contributed by atoms with Gasteiger partial charge in [0.15, 0.2) is 8.32 Å². The molecule has 0 N–H and O–H groups in total. The van der Waals surface area contributed by atoms with E-state index in [0.717, 1.165) is 0 Å². The maximum atomic E-state index is 6.22. The lowest BCUT2D eigenvalue weighted by Crippen LogP contribution is -2.35. The van der Waals surface area contributed by atoms with Crippen LogP contribution in [0.4, 0.5) is 0 Å². The van der Waals surface area contributed by atoms with E-state index in [0.29, 0.717) is 5.54 Å². The first-order valence-electron chi connectivity index (χ1n) is 5.66. The van der Waals surface area contributed by atoms with Crippen molar-refractivity contribution in [3.8, 4) is 0 Å². The lowest BCUT2D eigenvalue weighted by molar-refractivity contribution is 0.211. The summed E-state index contributed by atoms with van der Waals surface area (Å²) in [7, 11) is -1.53. The van der Waals surface area contributed by atoms with Crippen LogP contribution < -0.4 is 0 Å². The summed E-state index contributed by atoms with van der Waals surface area (Å²) >= 11 is 0. The van der Waals surface area contributed by atoms with Crippen molar-refractivity contribution in [2.75, 3.05) is 0 Å². The van der Waals surface area contributed by atoms with Gasteiger partial charge in [-0.25, -0.2) is 0 Å². The van der Waals surface area contributed by atoms with Crippen molar-refractivity contribution in [3.63, 3.8) is 0 Å². The predicted octanol–water partition coefficient (Wildman–Crippen LogP) is 4.38. The van der Waals surface area contributed by atoms with Gasteiger partial charge < -0.3 is 4.43 Å². The molecular formula is C13H22OSi. The van der Waals surface area contributed by atoms with Gasteiger partial charge in [0, 0.05) is 0 Å². The van der Waals surface area contributed by atoms with Crippen molar-refractivity contribution in [2.45, 2.75) is 45.5 Å². The van der Waals surface area contributed by atoms with Crippen LogP contribution in [-0.4, -0.2) is 8.32 Å². The molecule has 1 atom stereocenters. The van der Waals surface area contributed by atoms with Crippen LogP contribution in [0, 0.1) is 0 Å². The molecule has 0 saturated heterocycles. The molecule has 0 bridgehead atoms. The molecule has 84 valence electrons. The molecule has 0 aliphatic carbocycles. The molecule has 1 aromatic rings. The van der Waals surface area contributed by atoms with Gasteiger partial charge in [0.1, 0.15) is 0 Å². The van der Waals surface area contributed by atoms with Gasteiger partial charge in [-0.2, -0.15) is 0 Å². The van der Waals surface area contributed by atoms with Crippen LogP contribution in [0.2, 0.25) is 18.6 Å². The summed E-state index contributed by atoms with van der Waals surface area (Å²) in [5.74, 6) is 0. The Morgan fingerprint density at radius 2 is 1.53 bits per heavy atom. The zero-order valence-corrected chi connectivity index (χ0v) is 11.4. The fraction of sp³-hybridized carbons (Fsp3) is 0.538. The van der Waals surface area contributed by atoms with Gasteiger partial charge in [-0.15, -0.1) is 0 Å². The highest BCUT2D eigenvalue weighted by Gasteiger charge is 2.29. The van der Waals surface area contributed by atoms with Crippen LogP contribution in [-0.2, 0) is 4.43 Å². The summed E-state index contributed by atoms with van der Waals surface area (Å²) in [5.41, 5.74) is 1.93. The molecule has 0 fully saturated rings. The van der Waals surface area contributed by atoms with E-state index in [1.54, 1.807) is 0 Å². The van der Waals surface area contributed by atoms with E-state index in [2.05, 4.69) is 58.1 Å². The molecule has 1 unspecified atom stereocenters. The maximum Gasteiger partial charge on any atom is 0.190 e. The summed E-state index contributed by atoms with van der Waals surface area (Å²) in [5, 5.41) is 0. The Bertz CT molecular complexity index is 293. The minimum atomic E-state index is -1.53. The van der Waals surface area contributed by atoms with Crippen molar-refractivity contribution in [1.82, 2.24) is 0 Å². The third-order valence-electron chi connectivity index (χ3n) is 3.14. The van der Waals surface area contributed by atoms with Crippen LogP contribution in [0.5, 0.6) is 0 Å². The zero-order chi connectivity index (χ0) is 11.5. The molecule has 2 heteroatoms. The molecule has 0 aromatic heterocycles. The Kier molecular flexibility index (Phi) is 4.11. The van der Waals surface area contributed by atoms with Crippen molar-refractivity contribution in [1.29, 1.82) is 0 Å². The Hall–Kier alpha value is -0.603. The van der Waals surface area contributed by atoms with Gasteiger partial charge in [-0.1, -0.05) is 44.2 Å². The minimum absolute atomic E-state index is 0.218. The smallest absolute Gasteiger partial charge is 0.190 e. The van der Waals surface area contributed by atoms with E-state index in [1.807, 2.05) is 6.07 Å². The Balaban J connectivity index is 2.68. The molecule has 0 heterocycles. The third-order valence-corrected chi connectivity index (χ3v) is 6.88. The largest absolute Gasteiger partial charge is 0.411 e. The SMILES string of the molecule is CC(O[Si](C)(C)C(C)C)c1ccccc1. The minimum Gasteiger partial charge on any atom is -0.411 e. The second-order valence-electron chi connectivity index (χ2n) is 4.93. The van der Waals surface area contributed by atoms with Gasteiger partial charge >= 0.3 is 0 Å². The van der Waals surface area contributed by atoms with Gasteiger partial charge in [0.2, 0.25) is 0 Å². The average Bonchev–Trinajstić information content (AvgIpc) is 2.18. The first-order chi connectivity index (χ1) is 6.93. The number of hydrogen-bond acceptors (Lipinski definition) is 1. The number of benzene rings is 1. The zero-order valence-electron chi connectivity index (χ0n) is 10.4. The van der Waals surface area contributed by atoms with Gasteiger partial charge in [0.05, 0.1) is 6.10 Å². The summed E-state index contributed by atoms with van der Waals surface area (Å²) in [4.78, 5) is 0. The fourth-order valence-corrected chi connectivity index (χ4v) is 2.70. The molecule has 1 rings (SSSR count). The molecule has 1 nitrogen and oxygen atoms in total. The Morgan fingerprint density at radius 1 is 1.00 bits per heavy atom. The van der Waals surface area contributed by atoms with Crippen molar-refractivity contribution < 1.29 is 4.43 Å². The second kappa shape index (κ2) is 4.95. The third kappa shape index (κ3) is 3.47. The van der Waals surface area contributed by atoms with Crippen LogP contribution >= 0.6 is 0 Å². The highest BCUT2D eigenvalue weighted by Crippen LogP contribution is 2.28. The number of hydrogen-bond donors (Lipinski definition) is 0. The van der Waals surface area contributed by atoms with Crippen LogP contribution in [0.25, 0.3) is 0 Å². The standard InChI is InChI=1S/C13H22OSi/c1-11(2)15(4,5)14-12(3)13-9-7-6-8-10-13/h6-12H,1-5H3. The van der Waals surface area contributed by atoms with Crippen LogP contribution in [0.1, 0.15) is 32.4 Å². The number of rotatable bonds is 4. The van der Waals surface area contributed by atoms with Gasteiger partial charge in [0.25, 0.3) is 0 Å². The Labute approximate surface area is 94.6 Å². The van der Waals surface area contributed by atoms with Gasteiger partial charge in [-0.05, 0) is 31.1 Å². The molecule has 15 heavy (non-hydrogen) atoms. The van der Waals surface area contributed by atoms with Crippen LogP contribution in [0.15, 0.2) is 30.3 Å². The predicted molar refractivity (Wildman–Crippen MR) is 68.5 cm³/mol. The van der Waals surface area contributed by atoms with E-state index in [-0.39, 0.29) is 6.10 Å². The Morgan fingerprint density at radius 3 is 2.00 bits per heavy atom. The molecule has 0 spiro atoms. The molecular weight excluding hydrogens is 200 g/mol. The molecule has 0 radical (unpaired) electrons. The highest BCUT2D eigenvalue weighted by atomic mass is 28.4.